The Bertz CT molecular complexity index is 632. The van der Waals surface area contributed by atoms with E-state index < -0.39 is 17.8 Å². The van der Waals surface area contributed by atoms with Gasteiger partial charge in [0.2, 0.25) is 0 Å². The molecule has 0 bridgehead atoms. The lowest BCUT2D eigenvalue weighted by Gasteiger charge is -2.43. The van der Waals surface area contributed by atoms with Gasteiger partial charge in [-0.15, -0.1) is 0 Å². The van der Waals surface area contributed by atoms with Crippen LogP contribution in [0.15, 0.2) is 35.5 Å². The van der Waals surface area contributed by atoms with Crippen molar-refractivity contribution in [1.82, 2.24) is 0 Å². The third kappa shape index (κ3) is 6.52. The van der Waals surface area contributed by atoms with Crippen molar-refractivity contribution in [3.8, 4) is 0 Å². The minimum atomic E-state index is -0.650. The monoisotopic (exact) mass is 404 g/mol. The number of aliphatic hydroxyl groups excluding tert-OH is 2. The first-order chi connectivity index (χ1) is 13.7. The summed E-state index contributed by atoms with van der Waals surface area (Å²) in [7, 11) is 0. The Labute approximate surface area is 176 Å². The van der Waals surface area contributed by atoms with Crippen LogP contribution in [0.3, 0.4) is 0 Å². The van der Waals surface area contributed by atoms with E-state index in [0.29, 0.717) is 37.4 Å². The van der Waals surface area contributed by atoms with Gasteiger partial charge in [0.1, 0.15) is 0 Å². The van der Waals surface area contributed by atoms with E-state index in [1.807, 2.05) is 13.8 Å². The molecule has 4 heteroatoms. The molecular weight excluding hydrogens is 364 g/mol. The molecule has 29 heavy (non-hydrogen) atoms. The highest BCUT2D eigenvalue weighted by Crippen LogP contribution is 2.49. The molecule has 3 fully saturated rings. The summed E-state index contributed by atoms with van der Waals surface area (Å²) in [6.07, 6.45) is 14.8. The molecular formula is C25H40O4. The standard InChI is InChI=1S/C25H40O4/c1-18-20(15-21(26)16-23(18)27)7-6-19-5-4-10-25(17-19)11-8-22(9-12-25)29-14-13-24(2,3)28/h6-7,21-23,26-28H,1,4-5,8-17H2,2-3H3/b19-6+,20-7-/t21-,22?,23+,25?/m1/s1. The maximum Gasteiger partial charge on any atom is 0.0811 e. The first kappa shape index (κ1) is 22.7. The molecule has 2 atom stereocenters. The van der Waals surface area contributed by atoms with Crippen LogP contribution in [-0.4, -0.2) is 45.8 Å². The lowest BCUT2D eigenvalue weighted by molar-refractivity contribution is -0.0341. The second-order valence-corrected chi connectivity index (χ2v) is 10.3. The highest BCUT2D eigenvalue weighted by atomic mass is 16.5. The van der Waals surface area contributed by atoms with Gasteiger partial charge in [-0.3, -0.25) is 0 Å². The van der Waals surface area contributed by atoms with Crippen molar-refractivity contribution in [2.45, 2.75) is 108 Å². The third-order valence-corrected chi connectivity index (χ3v) is 7.15. The lowest BCUT2D eigenvalue weighted by Crippen LogP contribution is -2.34. The summed E-state index contributed by atoms with van der Waals surface area (Å²) in [4.78, 5) is 0. The molecule has 4 nitrogen and oxygen atoms in total. The molecule has 0 radical (unpaired) electrons. The lowest BCUT2D eigenvalue weighted by atomic mass is 9.63. The Hall–Kier alpha value is -0.940. The van der Waals surface area contributed by atoms with Crippen molar-refractivity contribution in [3.05, 3.63) is 35.5 Å². The number of hydrogen-bond donors (Lipinski definition) is 3. The SMILES string of the molecule is C=C1/C(=C\C=C2/CCCC3(CCC(OCCC(C)(C)O)CC3)C2)C[C@@H](O)C[C@@H]1O. The van der Waals surface area contributed by atoms with Crippen molar-refractivity contribution < 1.29 is 20.1 Å². The van der Waals surface area contributed by atoms with Gasteiger partial charge in [0, 0.05) is 13.0 Å². The summed E-state index contributed by atoms with van der Waals surface area (Å²) < 4.78 is 6.04. The van der Waals surface area contributed by atoms with Gasteiger partial charge in [-0.05, 0) is 94.6 Å². The fourth-order valence-electron chi connectivity index (χ4n) is 5.24. The van der Waals surface area contributed by atoms with Crippen LogP contribution in [0.1, 0.15) is 84.5 Å². The van der Waals surface area contributed by atoms with Gasteiger partial charge in [-0.25, -0.2) is 0 Å². The Morgan fingerprint density at radius 1 is 1.17 bits per heavy atom. The fourth-order valence-corrected chi connectivity index (χ4v) is 5.24. The van der Waals surface area contributed by atoms with Crippen LogP contribution in [0.25, 0.3) is 0 Å². The molecule has 1 spiro atoms. The Morgan fingerprint density at radius 3 is 2.59 bits per heavy atom. The molecule has 164 valence electrons. The van der Waals surface area contributed by atoms with Gasteiger partial charge in [0.05, 0.1) is 23.9 Å². The molecule has 0 amide bonds. The first-order valence-electron chi connectivity index (χ1n) is 11.4. The normalized spacial score (nSPS) is 36.9. The molecule has 0 aliphatic heterocycles. The van der Waals surface area contributed by atoms with E-state index in [1.54, 1.807) is 0 Å². The molecule has 3 aliphatic carbocycles. The summed E-state index contributed by atoms with van der Waals surface area (Å²) in [5.41, 5.74) is 3.02. The molecule has 3 aliphatic rings. The van der Waals surface area contributed by atoms with Gasteiger partial charge in [0.15, 0.2) is 0 Å². The van der Waals surface area contributed by atoms with Crippen molar-refractivity contribution in [3.63, 3.8) is 0 Å². The smallest absolute Gasteiger partial charge is 0.0811 e. The average molecular weight is 405 g/mol. The van der Waals surface area contributed by atoms with Crippen LogP contribution in [0.4, 0.5) is 0 Å². The van der Waals surface area contributed by atoms with Crippen LogP contribution in [0.2, 0.25) is 0 Å². The van der Waals surface area contributed by atoms with E-state index in [9.17, 15) is 15.3 Å². The molecule has 3 N–H and O–H groups in total. The third-order valence-electron chi connectivity index (χ3n) is 7.15. The summed E-state index contributed by atoms with van der Waals surface area (Å²) >= 11 is 0. The Balaban J connectivity index is 1.53. The largest absolute Gasteiger partial charge is 0.393 e. The van der Waals surface area contributed by atoms with Crippen LogP contribution in [-0.2, 0) is 4.74 Å². The molecule has 0 unspecified atom stereocenters. The Kier molecular flexibility index (Phi) is 7.42. The van der Waals surface area contributed by atoms with Crippen molar-refractivity contribution in [2.24, 2.45) is 5.41 Å². The predicted octanol–water partition coefficient (Wildman–Crippen LogP) is 4.59. The van der Waals surface area contributed by atoms with Crippen molar-refractivity contribution in [1.29, 1.82) is 0 Å². The molecule has 0 aromatic carbocycles. The number of hydrogen-bond acceptors (Lipinski definition) is 4. The van der Waals surface area contributed by atoms with Gasteiger partial charge >= 0.3 is 0 Å². The maximum atomic E-state index is 10.0. The number of aliphatic hydroxyl groups is 3. The van der Waals surface area contributed by atoms with Gasteiger partial charge in [0.25, 0.3) is 0 Å². The summed E-state index contributed by atoms with van der Waals surface area (Å²) in [5.74, 6) is 0. The number of allylic oxidation sites excluding steroid dienone is 3. The summed E-state index contributed by atoms with van der Waals surface area (Å²) in [6.45, 7) is 8.33. The molecule has 3 rings (SSSR count). The fraction of sp³-hybridized carbons (Fsp3) is 0.760. The average Bonchev–Trinajstić information content (AvgIpc) is 2.64. The van der Waals surface area contributed by atoms with E-state index in [4.69, 9.17) is 4.74 Å². The quantitative estimate of drug-likeness (QED) is 0.627. The zero-order chi connectivity index (χ0) is 21.1. The number of ether oxygens (including phenoxy) is 1. The molecule has 3 saturated carbocycles. The first-order valence-corrected chi connectivity index (χ1v) is 11.4. The van der Waals surface area contributed by atoms with E-state index in [-0.39, 0.29) is 0 Å². The van der Waals surface area contributed by atoms with Crippen LogP contribution in [0.5, 0.6) is 0 Å². The summed E-state index contributed by atoms with van der Waals surface area (Å²) in [5, 5.41) is 29.8. The maximum absolute atomic E-state index is 10.0. The predicted molar refractivity (Wildman–Crippen MR) is 117 cm³/mol. The van der Waals surface area contributed by atoms with Crippen LogP contribution < -0.4 is 0 Å². The van der Waals surface area contributed by atoms with Crippen LogP contribution >= 0.6 is 0 Å². The highest BCUT2D eigenvalue weighted by molar-refractivity contribution is 5.38. The zero-order valence-electron chi connectivity index (χ0n) is 18.3. The second kappa shape index (κ2) is 9.47. The van der Waals surface area contributed by atoms with Gasteiger partial charge in [-0.2, -0.15) is 0 Å². The molecule has 0 aromatic rings. The molecule has 0 aromatic heterocycles. The van der Waals surface area contributed by atoms with E-state index in [0.717, 1.165) is 36.8 Å². The molecule has 0 saturated heterocycles. The zero-order valence-corrected chi connectivity index (χ0v) is 18.3. The number of rotatable bonds is 5. The Morgan fingerprint density at radius 2 is 1.90 bits per heavy atom. The van der Waals surface area contributed by atoms with Crippen LogP contribution in [0, 0.1) is 5.41 Å². The van der Waals surface area contributed by atoms with E-state index in [2.05, 4.69) is 18.7 Å². The minimum absolute atomic E-state index is 0.341. The van der Waals surface area contributed by atoms with E-state index in [1.165, 1.54) is 31.3 Å². The topological polar surface area (TPSA) is 69.9 Å². The van der Waals surface area contributed by atoms with E-state index >= 15 is 0 Å². The van der Waals surface area contributed by atoms with Gasteiger partial charge < -0.3 is 20.1 Å². The van der Waals surface area contributed by atoms with Crippen molar-refractivity contribution in [2.75, 3.05) is 6.61 Å². The van der Waals surface area contributed by atoms with Crippen molar-refractivity contribution >= 4 is 0 Å². The minimum Gasteiger partial charge on any atom is -0.393 e. The van der Waals surface area contributed by atoms with Gasteiger partial charge in [-0.1, -0.05) is 24.3 Å². The molecule has 0 heterocycles. The second-order valence-electron chi connectivity index (χ2n) is 10.3. The summed E-state index contributed by atoms with van der Waals surface area (Å²) in [6, 6.07) is 0. The highest BCUT2D eigenvalue weighted by Gasteiger charge is 2.38.